The molecule has 0 radical (unpaired) electrons. The van der Waals surface area contributed by atoms with Crippen molar-refractivity contribution in [2.24, 2.45) is 0 Å². The van der Waals surface area contributed by atoms with Crippen LogP contribution in [0.3, 0.4) is 0 Å². The number of aromatic nitrogens is 3. The molecule has 12 nitrogen and oxygen atoms in total. The number of nitrogens with zero attached hydrogens (tertiary/aromatic N) is 3. The van der Waals surface area contributed by atoms with Crippen LogP contribution >= 0.6 is 7.82 Å². The first-order valence-electron chi connectivity index (χ1n) is 8.08. The van der Waals surface area contributed by atoms with Gasteiger partial charge < -0.3 is 48.5 Å². The van der Waals surface area contributed by atoms with Crippen LogP contribution in [0.2, 0.25) is 0 Å². The Labute approximate surface area is 214 Å². The van der Waals surface area contributed by atoms with E-state index in [-0.39, 0.29) is 64.9 Å². The number of rotatable bonds is 5. The van der Waals surface area contributed by atoms with Crippen molar-refractivity contribution >= 4 is 24.7 Å². The molecule has 0 spiro atoms. The first kappa shape index (κ1) is 25.9. The van der Waals surface area contributed by atoms with Gasteiger partial charge in [-0.05, 0) is 6.07 Å². The molecular formula is C15H15N4Na2O8P. The summed E-state index contributed by atoms with van der Waals surface area (Å²) in [5.74, 6) is 0.187. The van der Waals surface area contributed by atoms with Crippen molar-refractivity contribution in [1.29, 1.82) is 0 Å². The number of hydrogen-bond donors (Lipinski definition) is 3. The second kappa shape index (κ2) is 10.1. The number of furan rings is 1. The van der Waals surface area contributed by atoms with Crippen molar-refractivity contribution < 1.29 is 97.4 Å². The fraction of sp³-hybridized carbons (Fsp3) is 0.333. The van der Waals surface area contributed by atoms with Gasteiger partial charge in [-0.25, -0.2) is 9.97 Å². The topological polar surface area (TPSA) is 192 Å². The van der Waals surface area contributed by atoms with E-state index in [1.165, 1.54) is 23.4 Å². The average Bonchev–Trinajstić information content (AvgIpc) is 3.33. The van der Waals surface area contributed by atoms with Gasteiger partial charge >= 0.3 is 59.1 Å². The molecule has 4 atom stereocenters. The van der Waals surface area contributed by atoms with Crippen LogP contribution in [0, 0.1) is 0 Å². The van der Waals surface area contributed by atoms with Gasteiger partial charge in [0.1, 0.15) is 36.1 Å². The molecule has 0 unspecified atom stereocenters. The minimum absolute atomic E-state index is 0. The maximum absolute atomic E-state index is 10.7. The Bertz CT molecular complexity index is 1040. The SMILES string of the molecule is Nc1ncnc2c1c(-c1ccoc1)cn2[C@@H]1O[C@H](COP(=O)([O-])[O-])[C@@H](O)[C@H]1O.[Na+].[Na+]. The minimum atomic E-state index is -5.26. The molecule has 0 aliphatic carbocycles. The maximum atomic E-state index is 10.7. The minimum Gasteiger partial charge on any atom is -0.790 e. The average molecular weight is 456 g/mol. The van der Waals surface area contributed by atoms with Gasteiger partial charge in [-0.3, -0.25) is 0 Å². The largest absolute Gasteiger partial charge is 1.00 e. The number of phosphoric ester groups is 1. The standard InChI is InChI=1S/C15H17N4O8P.2Na/c16-13-10-8(7-1-2-25-4-7)3-19(14(10)18-6-17-13)15-12(21)11(20)9(27-15)5-26-28(22,23)24;;/h1-4,6,9,11-12,15,20-21H,5H2,(H2,16,17,18)(H2,22,23,24);;/q;2*+1/p-2/t9-,11-,12-,15-;;/m1../s1. The number of nitrogen functional groups attached to an aromatic ring is 1. The molecule has 4 heterocycles. The fourth-order valence-electron chi connectivity index (χ4n) is 3.20. The number of ether oxygens (including phenoxy) is 1. The summed E-state index contributed by atoms with van der Waals surface area (Å²) in [5.41, 5.74) is 7.60. The van der Waals surface area contributed by atoms with Crippen molar-refractivity contribution in [1.82, 2.24) is 14.5 Å². The van der Waals surface area contributed by atoms with Gasteiger partial charge in [-0.1, -0.05) is 0 Å². The first-order valence-corrected chi connectivity index (χ1v) is 9.54. The zero-order valence-electron chi connectivity index (χ0n) is 16.1. The molecule has 3 aromatic heterocycles. The molecule has 4 N–H and O–H groups in total. The second-order valence-electron chi connectivity index (χ2n) is 6.21. The van der Waals surface area contributed by atoms with Crippen molar-refractivity contribution in [2.45, 2.75) is 24.5 Å². The normalized spacial score (nSPS) is 23.9. The smallest absolute Gasteiger partial charge is 0.790 e. The zero-order valence-corrected chi connectivity index (χ0v) is 21.0. The molecule has 4 rings (SSSR count). The molecule has 0 bridgehead atoms. The zero-order chi connectivity index (χ0) is 20.1. The summed E-state index contributed by atoms with van der Waals surface area (Å²) in [5, 5.41) is 21.1. The second-order valence-corrected chi connectivity index (χ2v) is 7.36. The molecule has 1 aliphatic rings. The molecule has 0 amide bonds. The molecule has 1 fully saturated rings. The van der Waals surface area contributed by atoms with E-state index in [2.05, 4.69) is 14.5 Å². The van der Waals surface area contributed by atoms with Crippen molar-refractivity contribution in [3.05, 3.63) is 31.1 Å². The van der Waals surface area contributed by atoms with E-state index >= 15 is 0 Å². The Morgan fingerprint density at radius 3 is 2.63 bits per heavy atom. The summed E-state index contributed by atoms with van der Waals surface area (Å²) in [7, 11) is -5.26. The van der Waals surface area contributed by atoms with E-state index in [9.17, 15) is 24.6 Å². The third-order valence-corrected chi connectivity index (χ3v) is 4.94. The van der Waals surface area contributed by atoms with Crippen LogP contribution in [-0.4, -0.2) is 49.7 Å². The molecule has 0 saturated carbocycles. The Kier molecular flexibility index (Phi) is 8.73. The number of phosphoric acid groups is 1. The van der Waals surface area contributed by atoms with Gasteiger partial charge in [0.15, 0.2) is 6.23 Å². The molecule has 1 aliphatic heterocycles. The van der Waals surface area contributed by atoms with E-state index in [4.69, 9.17) is 14.9 Å². The summed E-state index contributed by atoms with van der Waals surface area (Å²) < 4.78 is 26.9. The van der Waals surface area contributed by atoms with Crippen LogP contribution in [0.5, 0.6) is 0 Å². The Hall–Kier alpha value is -0.310. The number of aliphatic hydroxyl groups excluding tert-OH is 2. The van der Waals surface area contributed by atoms with Gasteiger partial charge in [-0.15, -0.1) is 0 Å². The van der Waals surface area contributed by atoms with Crippen molar-refractivity contribution in [2.75, 3.05) is 12.3 Å². The van der Waals surface area contributed by atoms with Gasteiger partial charge in [-0.2, -0.15) is 0 Å². The maximum Gasteiger partial charge on any atom is 1.00 e. The van der Waals surface area contributed by atoms with Crippen molar-refractivity contribution in [3.63, 3.8) is 0 Å². The van der Waals surface area contributed by atoms with Crippen LogP contribution in [-0.2, 0) is 13.8 Å². The summed E-state index contributed by atoms with van der Waals surface area (Å²) in [4.78, 5) is 29.5. The fourth-order valence-corrected chi connectivity index (χ4v) is 3.53. The van der Waals surface area contributed by atoms with E-state index in [1.54, 1.807) is 12.3 Å². The van der Waals surface area contributed by atoms with E-state index in [0.29, 0.717) is 22.2 Å². The van der Waals surface area contributed by atoms with Crippen LogP contribution in [0.15, 0.2) is 35.5 Å². The molecule has 1 saturated heterocycles. The summed E-state index contributed by atoms with van der Waals surface area (Å²) in [6, 6.07) is 1.70. The Balaban J connectivity index is 0.00000160. The van der Waals surface area contributed by atoms with Crippen LogP contribution in [0.25, 0.3) is 22.2 Å². The van der Waals surface area contributed by atoms with Crippen molar-refractivity contribution in [3.8, 4) is 11.1 Å². The summed E-state index contributed by atoms with van der Waals surface area (Å²) >= 11 is 0. The third-order valence-electron chi connectivity index (χ3n) is 4.48. The molecule has 3 aromatic rings. The number of anilines is 1. The molecular weight excluding hydrogens is 441 g/mol. The van der Waals surface area contributed by atoms with Crippen LogP contribution in [0.1, 0.15) is 6.23 Å². The summed E-state index contributed by atoms with van der Waals surface area (Å²) in [6.45, 7) is -0.732. The van der Waals surface area contributed by atoms with E-state index in [1.807, 2.05) is 0 Å². The van der Waals surface area contributed by atoms with Gasteiger partial charge in [0, 0.05) is 17.3 Å². The Morgan fingerprint density at radius 1 is 1.27 bits per heavy atom. The molecule has 30 heavy (non-hydrogen) atoms. The van der Waals surface area contributed by atoms with Gasteiger partial charge in [0.05, 0.1) is 32.3 Å². The van der Waals surface area contributed by atoms with Gasteiger partial charge in [0.2, 0.25) is 0 Å². The van der Waals surface area contributed by atoms with Gasteiger partial charge in [0.25, 0.3) is 0 Å². The van der Waals surface area contributed by atoms with Crippen LogP contribution < -0.4 is 74.6 Å². The molecule has 150 valence electrons. The monoisotopic (exact) mass is 456 g/mol. The third kappa shape index (κ3) is 5.02. The Morgan fingerprint density at radius 2 is 2.00 bits per heavy atom. The van der Waals surface area contributed by atoms with E-state index in [0.717, 1.165) is 0 Å². The number of hydrogen-bond acceptors (Lipinski definition) is 11. The number of fused-ring (bicyclic) bond motifs is 1. The molecule has 0 aromatic carbocycles. The number of aliphatic hydroxyl groups is 2. The summed E-state index contributed by atoms with van der Waals surface area (Å²) in [6.07, 6.45) is 0.460. The first-order chi connectivity index (χ1) is 13.3. The molecule has 15 heteroatoms. The quantitative estimate of drug-likeness (QED) is 0.244. The predicted octanol–water partition coefficient (Wildman–Crippen LogP) is -7.25. The number of nitrogens with two attached hydrogens (primary N) is 1. The predicted molar refractivity (Wildman–Crippen MR) is 89.1 cm³/mol. The van der Waals surface area contributed by atoms with E-state index < -0.39 is 39.0 Å². The van der Waals surface area contributed by atoms with Crippen LogP contribution in [0.4, 0.5) is 5.82 Å².